The van der Waals surface area contributed by atoms with Crippen LogP contribution < -0.4 is 5.56 Å². The molecule has 2 aromatic heterocycles. The Balaban J connectivity index is 1.51. The van der Waals surface area contributed by atoms with Crippen LogP contribution in [0, 0.1) is 5.41 Å². The van der Waals surface area contributed by atoms with Crippen LogP contribution in [0.4, 0.5) is 0 Å². The molecule has 28 heavy (non-hydrogen) atoms. The van der Waals surface area contributed by atoms with Crippen LogP contribution in [0.5, 0.6) is 5.75 Å². The molecule has 8 heteroatoms. The van der Waals surface area contributed by atoms with E-state index in [1.54, 1.807) is 19.4 Å². The van der Waals surface area contributed by atoms with Crippen molar-refractivity contribution in [2.45, 2.75) is 25.8 Å². The van der Waals surface area contributed by atoms with Gasteiger partial charge in [0.05, 0.1) is 17.7 Å². The number of pyridine rings is 1. The van der Waals surface area contributed by atoms with Crippen molar-refractivity contribution in [3.63, 3.8) is 0 Å². The minimum atomic E-state index is -0.333. The maximum atomic E-state index is 13.1. The number of carbonyl (C=O) groups is 1. The zero-order valence-electron chi connectivity index (χ0n) is 16.1. The number of hydrogen-bond acceptors (Lipinski definition) is 6. The maximum Gasteiger partial charge on any atom is 0.258 e. The Bertz CT molecular complexity index is 943. The number of rotatable bonds is 5. The molecular weight excluding hydrogens is 360 g/mol. The van der Waals surface area contributed by atoms with Gasteiger partial charge in [-0.3, -0.25) is 18.9 Å². The van der Waals surface area contributed by atoms with Gasteiger partial charge in [-0.05, 0) is 37.9 Å². The second-order valence-corrected chi connectivity index (χ2v) is 7.80. The van der Waals surface area contributed by atoms with Crippen LogP contribution in [0.25, 0.3) is 5.65 Å². The Morgan fingerprint density at radius 2 is 2.14 bits per heavy atom. The number of piperidine rings is 1. The lowest BCUT2D eigenvalue weighted by Gasteiger charge is -2.39. The summed E-state index contributed by atoms with van der Waals surface area (Å²) in [6.07, 6.45) is 4.33. The van der Waals surface area contributed by atoms with E-state index in [9.17, 15) is 14.7 Å². The molecule has 8 nitrogen and oxygen atoms in total. The smallest absolute Gasteiger partial charge is 0.258 e. The van der Waals surface area contributed by atoms with Gasteiger partial charge in [0, 0.05) is 45.6 Å². The predicted molar refractivity (Wildman–Crippen MR) is 103 cm³/mol. The summed E-state index contributed by atoms with van der Waals surface area (Å²) in [5.74, 6) is 0.207. The van der Waals surface area contributed by atoms with Gasteiger partial charge in [0.2, 0.25) is 5.91 Å². The predicted octanol–water partition coefficient (Wildman–Crippen LogP) is 0.861. The molecule has 2 aliphatic rings. The first-order valence-corrected chi connectivity index (χ1v) is 9.73. The van der Waals surface area contributed by atoms with Gasteiger partial charge in [-0.15, -0.1) is 0 Å². The van der Waals surface area contributed by atoms with Gasteiger partial charge in [0.1, 0.15) is 0 Å². The first-order chi connectivity index (χ1) is 13.5. The number of nitrogens with zero attached hydrogens (tertiary/aromatic N) is 4. The molecule has 1 amide bonds. The summed E-state index contributed by atoms with van der Waals surface area (Å²) in [7, 11) is 1.65. The highest BCUT2D eigenvalue weighted by molar-refractivity contribution is 5.84. The standard InChI is InChI=1S/C20H26N4O4/c1-28-11-10-23-7-3-5-20(19(23)27)6-9-22(14-20)13-15-12-17(26)24-8-2-4-16(25)18(24)21-15/h2,4,8,12,25H,3,5-7,9-11,13-14H2,1H3/t20-/m0/s1. The second-order valence-electron chi connectivity index (χ2n) is 7.80. The number of aromatic nitrogens is 2. The van der Waals surface area contributed by atoms with E-state index in [1.165, 1.54) is 16.5 Å². The second kappa shape index (κ2) is 7.52. The van der Waals surface area contributed by atoms with Crippen LogP contribution in [0.15, 0.2) is 29.2 Å². The summed E-state index contributed by atoms with van der Waals surface area (Å²) in [4.78, 5) is 34.0. The Kier molecular flexibility index (Phi) is 5.07. The average molecular weight is 386 g/mol. The van der Waals surface area contributed by atoms with Crippen molar-refractivity contribution in [3.05, 3.63) is 40.4 Å². The summed E-state index contributed by atoms with van der Waals surface area (Å²) in [5.41, 5.74) is 0.325. The zero-order valence-corrected chi connectivity index (χ0v) is 16.1. The number of ether oxygens (including phenoxy) is 1. The minimum Gasteiger partial charge on any atom is -0.504 e. The molecule has 1 N–H and O–H groups in total. The van der Waals surface area contributed by atoms with Gasteiger partial charge in [0.15, 0.2) is 11.4 Å². The highest BCUT2D eigenvalue weighted by atomic mass is 16.5. The monoisotopic (exact) mass is 386 g/mol. The SMILES string of the molecule is COCCN1CCC[C@@]2(CCN(Cc3cc(=O)n4cccc(O)c4n3)C2)C1=O. The number of amides is 1. The summed E-state index contributed by atoms with van der Waals surface area (Å²) in [5, 5.41) is 10.0. The molecule has 2 saturated heterocycles. The van der Waals surface area contributed by atoms with Crippen molar-refractivity contribution in [1.82, 2.24) is 19.2 Å². The fourth-order valence-electron chi connectivity index (χ4n) is 4.51. The molecule has 1 atom stereocenters. The number of likely N-dealkylation sites (tertiary alicyclic amines) is 2. The van der Waals surface area contributed by atoms with E-state index in [-0.39, 0.29) is 28.3 Å². The Hall–Kier alpha value is -2.45. The maximum absolute atomic E-state index is 13.1. The van der Waals surface area contributed by atoms with Gasteiger partial charge in [0.25, 0.3) is 5.56 Å². The molecule has 2 fully saturated rings. The molecule has 2 aliphatic heterocycles. The molecule has 0 aliphatic carbocycles. The third-order valence-electron chi connectivity index (χ3n) is 5.93. The number of carbonyl (C=O) groups excluding carboxylic acids is 1. The molecule has 1 spiro atoms. The zero-order chi connectivity index (χ0) is 19.7. The van der Waals surface area contributed by atoms with E-state index in [0.717, 1.165) is 32.4 Å². The lowest BCUT2D eigenvalue weighted by atomic mass is 9.78. The molecule has 0 unspecified atom stereocenters. The summed E-state index contributed by atoms with van der Waals surface area (Å²) >= 11 is 0. The third kappa shape index (κ3) is 3.38. The van der Waals surface area contributed by atoms with E-state index >= 15 is 0 Å². The van der Waals surface area contributed by atoms with E-state index < -0.39 is 0 Å². The number of methoxy groups -OCH3 is 1. The van der Waals surface area contributed by atoms with Crippen molar-refractivity contribution in [1.29, 1.82) is 0 Å². The highest BCUT2D eigenvalue weighted by Crippen LogP contribution is 2.40. The number of hydrogen-bond donors (Lipinski definition) is 1. The topological polar surface area (TPSA) is 87.4 Å². The average Bonchev–Trinajstić information content (AvgIpc) is 3.07. The van der Waals surface area contributed by atoms with Crippen LogP contribution in [0.2, 0.25) is 0 Å². The largest absolute Gasteiger partial charge is 0.504 e. The van der Waals surface area contributed by atoms with Gasteiger partial charge in [-0.1, -0.05) is 0 Å². The molecule has 150 valence electrons. The van der Waals surface area contributed by atoms with Crippen molar-refractivity contribution >= 4 is 11.6 Å². The van der Waals surface area contributed by atoms with Crippen LogP contribution in [0.1, 0.15) is 25.0 Å². The normalized spacial score (nSPS) is 23.2. The fraction of sp³-hybridized carbons (Fsp3) is 0.550. The minimum absolute atomic E-state index is 0.0180. The van der Waals surface area contributed by atoms with Crippen LogP contribution in [0.3, 0.4) is 0 Å². The van der Waals surface area contributed by atoms with Crippen molar-refractivity contribution < 1.29 is 14.6 Å². The highest BCUT2D eigenvalue weighted by Gasteiger charge is 2.48. The van der Waals surface area contributed by atoms with Crippen LogP contribution in [-0.2, 0) is 16.1 Å². The fourth-order valence-corrected chi connectivity index (χ4v) is 4.51. The molecule has 0 saturated carbocycles. The molecule has 2 aromatic rings. The van der Waals surface area contributed by atoms with Crippen LogP contribution >= 0.6 is 0 Å². The Morgan fingerprint density at radius 1 is 1.29 bits per heavy atom. The van der Waals surface area contributed by atoms with Crippen molar-refractivity contribution in [2.24, 2.45) is 5.41 Å². The molecule has 0 aromatic carbocycles. The van der Waals surface area contributed by atoms with E-state index in [0.29, 0.717) is 31.9 Å². The van der Waals surface area contributed by atoms with Crippen molar-refractivity contribution in [2.75, 3.05) is 39.9 Å². The summed E-state index contributed by atoms with van der Waals surface area (Å²) < 4.78 is 6.47. The Labute approximate surface area is 163 Å². The van der Waals surface area contributed by atoms with Gasteiger partial charge in [-0.25, -0.2) is 4.98 Å². The molecule has 4 heterocycles. The van der Waals surface area contributed by atoms with Crippen molar-refractivity contribution in [3.8, 4) is 5.75 Å². The first kappa shape index (κ1) is 18.9. The van der Waals surface area contributed by atoms with E-state index in [2.05, 4.69) is 9.88 Å². The molecule has 0 radical (unpaired) electrons. The third-order valence-corrected chi connectivity index (χ3v) is 5.93. The molecular formula is C20H26N4O4. The van der Waals surface area contributed by atoms with Crippen LogP contribution in [-0.4, -0.2) is 70.1 Å². The van der Waals surface area contributed by atoms with E-state index in [1.807, 2.05) is 4.90 Å². The summed E-state index contributed by atoms with van der Waals surface area (Å²) in [6.45, 7) is 3.96. The first-order valence-electron chi connectivity index (χ1n) is 9.73. The quantitative estimate of drug-likeness (QED) is 0.820. The summed E-state index contributed by atoms with van der Waals surface area (Å²) in [6, 6.07) is 4.63. The van der Waals surface area contributed by atoms with Gasteiger partial charge >= 0.3 is 0 Å². The molecule has 4 rings (SSSR count). The van der Waals surface area contributed by atoms with Gasteiger partial charge in [-0.2, -0.15) is 0 Å². The lowest BCUT2D eigenvalue weighted by Crippen LogP contribution is -2.50. The number of aromatic hydroxyl groups is 1. The number of fused-ring (bicyclic) bond motifs is 1. The van der Waals surface area contributed by atoms with E-state index in [4.69, 9.17) is 4.74 Å². The Morgan fingerprint density at radius 3 is 2.96 bits per heavy atom. The lowest BCUT2D eigenvalue weighted by molar-refractivity contribution is -0.146. The molecule has 0 bridgehead atoms. The van der Waals surface area contributed by atoms with Gasteiger partial charge < -0.3 is 14.7 Å².